The van der Waals surface area contributed by atoms with Gasteiger partial charge in [0.05, 0.1) is 18.2 Å². The summed E-state index contributed by atoms with van der Waals surface area (Å²) in [5.74, 6) is 0.913. The number of carbonyl (C=O) groups excluding carboxylic acids is 1. The number of rotatable bonds is 7. The fourth-order valence-electron chi connectivity index (χ4n) is 2.50. The molecule has 0 spiro atoms. The number of benzene rings is 2. The molecule has 2 aromatic carbocycles. The van der Waals surface area contributed by atoms with Crippen molar-refractivity contribution in [2.75, 3.05) is 6.61 Å². The summed E-state index contributed by atoms with van der Waals surface area (Å²) in [4.78, 5) is 17.1. The predicted molar refractivity (Wildman–Crippen MR) is 97.4 cm³/mol. The Morgan fingerprint density at radius 3 is 2.88 bits per heavy atom. The second kappa shape index (κ2) is 7.93. The van der Waals surface area contributed by atoms with E-state index in [4.69, 9.17) is 4.74 Å². The lowest BCUT2D eigenvalue weighted by atomic mass is 10.1. The standard InChI is InChI=1S/C19H20N2O2S/c1-14-20-12-16(24-14)13-21-19(22)10-5-11-23-18-9-4-7-15-6-2-3-8-17(15)18/h2-4,6-9,12H,5,10-11,13H2,1H3,(H,21,22). The molecule has 1 heterocycles. The molecule has 0 aliphatic carbocycles. The van der Waals surface area contributed by atoms with Crippen molar-refractivity contribution in [2.24, 2.45) is 0 Å². The van der Waals surface area contributed by atoms with Crippen molar-refractivity contribution in [3.8, 4) is 5.75 Å². The number of aryl methyl sites for hydroxylation is 1. The van der Waals surface area contributed by atoms with E-state index in [2.05, 4.69) is 28.5 Å². The summed E-state index contributed by atoms with van der Waals surface area (Å²) in [5, 5.41) is 6.19. The lowest BCUT2D eigenvalue weighted by Crippen LogP contribution is -2.22. The summed E-state index contributed by atoms with van der Waals surface area (Å²) < 4.78 is 5.85. The predicted octanol–water partition coefficient (Wildman–Crippen LogP) is 4.08. The SMILES string of the molecule is Cc1ncc(CNC(=O)CCCOc2cccc3ccccc23)s1. The Labute approximate surface area is 145 Å². The van der Waals surface area contributed by atoms with E-state index in [-0.39, 0.29) is 5.91 Å². The monoisotopic (exact) mass is 340 g/mol. The molecule has 0 saturated carbocycles. The van der Waals surface area contributed by atoms with Crippen molar-refractivity contribution in [1.82, 2.24) is 10.3 Å². The van der Waals surface area contributed by atoms with Gasteiger partial charge in [0.25, 0.3) is 0 Å². The molecule has 0 fully saturated rings. The molecule has 5 heteroatoms. The summed E-state index contributed by atoms with van der Waals surface area (Å²) in [6, 6.07) is 14.2. The van der Waals surface area contributed by atoms with Crippen LogP contribution in [0.4, 0.5) is 0 Å². The second-order valence-electron chi connectivity index (χ2n) is 5.55. The number of carbonyl (C=O) groups is 1. The Hall–Kier alpha value is -2.40. The molecule has 1 amide bonds. The highest BCUT2D eigenvalue weighted by atomic mass is 32.1. The number of fused-ring (bicyclic) bond motifs is 1. The number of nitrogens with one attached hydrogen (secondary N) is 1. The highest BCUT2D eigenvalue weighted by Gasteiger charge is 2.05. The Kier molecular flexibility index (Phi) is 5.43. The van der Waals surface area contributed by atoms with Crippen molar-refractivity contribution in [3.63, 3.8) is 0 Å². The number of aromatic nitrogens is 1. The molecule has 0 radical (unpaired) electrons. The van der Waals surface area contributed by atoms with Crippen LogP contribution in [-0.2, 0) is 11.3 Å². The average Bonchev–Trinajstić information content (AvgIpc) is 3.02. The molecule has 0 bridgehead atoms. The molecule has 0 saturated heterocycles. The van der Waals surface area contributed by atoms with Gasteiger partial charge < -0.3 is 10.1 Å². The van der Waals surface area contributed by atoms with Crippen LogP contribution in [0, 0.1) is 6.92 Å². The lowest BCUT2D eigenvalue weighted by Gasteiger charge is -2.09. The van der Waals surface area contributed by atoms with Crippen LogP contribution in [0.5, 0.6) is 5.75 Å². The number of ether oxygens (including phenoxy) is 1. The molecule has 4 nitrogen and oxygen atoms in total. The van der Waals surface area contributed by atoms with E-state index < -0.39 is 0 Å². The Morgan fingerprint density at radius 1 is 1.21 bits per heavy atom. The highest BCUT2D eigenvalue weighted by Crippen LogP contribution is 2.25. The van der Waals surface area contributed by atoms with Gasteiger partial charge in [-0.1, -0.05) is 36.4 Å². The van der Waals surface area contributed by atoms with Crippen molar-refractivity contribution >= 4 is 28.0 Å². The van der Waals surface area contributed by atoms with Crippen molar-refractivity contribution in [2.45, 2.75) is 26.3 Å². The number of hydrogen-bond donors (Lipinski definition) is 1. The van der Waals surface area contributed by atoms with Crippen LogP contribution in [0.3, 0.4) is 0 Å². The highest BCUT2D eigenvalue weighted by molar-refractivity contribution is 7.11. The minimum atomic E-state index is 0.0440. The Morgan fingerprint density at radius 2 is 2.04 bits per heavy atom. The molecular formula is C19H20N2O2S. The van der Waals surface area contributed by atoms with Gasteiger partial charge >= 0.3 is 0 Å². The summed E-state index contributed by atoms with van der Waals surface area (Å²) >= 11 is 1.61. The molecule has 1 aromatic heterocycles. The molecule has 1 N–H and O–H groups in total. The van der Waals surface area contributed by atoms with Crippen molar-refractivity contribution in [1.29, 1.82) is 0 Å². The molecule has 0 unspecified atom stereocenters. The molecule has 3 aromatic rings. The van der Waals surface area contributed by atoms with Gasteiger partial charge in [-0.2, -0.15) is 0 Å². The lowest BCUT2D eigenvalue weighted by molar-refractivity contribution is -0.121. The smallest absolute Gasteiger partial charge is 0.220 e. The third kappa shape index (κ3) is 4.32. The first kappa shape index (κ1) is 16.5. The molecule has 0 atom stereocenters. The van der Waals surface area contributed by atoms with E-state index in [9.17, 15) is 4.79 Å². The number of nitrogens with zero attached hydrogens (tertiary/aromatic N) is 1. The number of hydrogen-bond acceptors (Lipinski definition) is 4. The maximum absolute atomic E-state index is 11.9. The van der Waals surface area contributed by atoms with Gasteiger partial charge in [-0.3, -0.25) is 4.79 Å². The van der Waals surface area contributed by atoms with Crippen LogP contribution in [-0.4, -0.2) is 17.5 Å². The second-order valence-corrected chi connectivity index (χ2v) is 6.87. The largest absolute Gasteiger partial charge is 0.493 e. The number of thiazole rings is 1. The molecule has 124 valence electrons. The van der Waals surface area contributed by atoms with E-state index in [0.717, 1.165) is 26.4 Å². The van der Waals surface area contributed by atoms with Crippen molar-refractivity contribution < 1.29 is 9.53 Å². The third-order valence-electron chi connectivity index (χ3n) is 3.68. The summed E-state index contributed by atoms with van der Waals surface area (Å²) in [6.45, 7) is 3.04. The average molecular weight is 340 g/mol. The third-order valence-corrected chi connectivity index (χ3v) is 4.60. The first-order valence-corrected chi connectivity index (χ1v) is 8.82. The maximum atomic E-state index is 11.9. The topological polar surface area (TPSA) is 51.2 Å². The maximum Gasteiger partial charge on any atom is 0.220 e. The zero-order valence-corrected chi connectivity index (χ0v) is 14.4. The van der Waals surface area contributed by atoms with E-state index in [0.29, 0.717) is 26.0 Å². The van der Waals surface area contributed by atoms with E-state index in [1.165, 1.54) is 0 Å². The first-order chi connectivity index (χ1) is 11.7. The quantitative estimate of drug-likeness (QED) is 0.659. The summed E-state index contributed by atoms with van der Waals surface area (Å²) in [7, 11) is 0. The van der Waals surface area contributed by atoms with Crippen LogP contribution in [0.1, 0.15) is 22.7 Å². The van der Waals surface area contributed by atoms with Gasteiger partial charge in [0.1, 0.15) is 5.75 Å². The van der Waals surface area contributed by atoms with Crippen LogP contribution in [0.25, 0.3) is 10.8 Å². The summed E-state index contributed by atoms with van der Waals surface area (Å²) in [6.07, 6.45) is 2.96. The van der Waals surface area contributed by atoms with Crippen LogP contribution in [0.2, 0.25) is 0 Å². The van der Waals surface area contributed by atoms with E-state index in [1.54, 1.807) is 11.3 Å². The van der Waals surface area contributed by atoms with Gasteiger partial charge in [0.2, 0.25) is 5.91 Å². The minimum Gasteiger partial charge on any atom is -0.493 e. The van der Waals surface area contributed by atoms with Gasteiger partial charge in [-0.05, 0) is 24.8 Å². The van der Waals surface area contributed by atoms with Crippen molar-refractivity contribution in [3.05, 3.63) is 58.5 Å². The van der Waals surface area contributed by atoms with Gasteiger partial charge in [-0.15, -0.1) is 11.3 Å². The molecule has 0 aliphatic rings. The van der Waals surface area contributed by atoms with Crippen LogP contribution < -0.4 is 10.1 Å². The van der Waals surface area contributed by atoms with Gasteiger partial charge in [0.15, 0.2) is 0 Å². The van der Waals surface area contributed by atoms with E-state index in [1.807, 2.05) is 37.4 Å². The van der Waals surface area contributed by atoms with Crippen LogP contribution >= 0.6 is 11.3 Å². The molecule has 24 heavy (non-hydrogen) atoms. The minimum absolute atomic E-state index is 0.0440. The normalized spacial score (nSPS) is 10.7. The fourth-order valence-corrected chi connectivity index (χ4v) is 3.23. The zero-order chi connectivity index (χ0) is 16.8. The molecular weight excluding hydrogens is 320 g/mol. The zero-order valence-electron chi connectivity index (χ0n) is 13.6. The van der Waals surface area contributed by atoms with Crippen LogP contribution in [0.15, 0.2) is 48.7 Å². The Bertz CT molecular complexity index is 824. The molecule has 0 aliphatic heterocycles. The molecule has 3 rings (SSSR count). The Balaban J connectivity index is 1.42. The summed E-state index contributed by atoms with van der Waals surface area (Å²) in [5.41, 5.74) is 0. The van der Waals surface area contributed by atoms with Gasteiger partial charge in [-0.25, -0.2) is 4.98 Å². The number of amides is 1. The van der Waals surface area contributed by atoms with Gasteiger partial charge in [0, 0.05) is 22.9 Å². The first-order valence-electron chi connectivity index (χ1n) is 8.01. The fraction of sp³-hybridized carbons (Fsp3) is 0.263. The van der Waals surface area contributed by atoms with E-state index >= 15 is 0 Å².